The van der Waals surface area contributed by atoms with Gasteiger partial charge in [-0.3, -0.25) is 19.2 Å². The highest BCUT2D eigenvalue weighted by atomic mass is 79.9. The van der Waals surface area contributed by atoms with Crippen molar-refractivity contribution in [3.63, 3.8) is 0 Å². The minimum Gasteiger partial charge on any atom is -0.353 e. The van der Waals surface area contributed by atoms with Crippen LogP contribution in [-0.2, 0) is 16.1 Å². The molecule has 3 N–H and O–H groups in total. The van der Waals surface area contributed by atoms with E-state index in [4.69, 9.17) is 0 Å². The van der Waals surface area contributed by atoms with Gasteiger partial charge >= 0.3 is 0 Å². The quantitative estimate of drug-likeness (QED) is 0.362. The number of anilines is 1. The molecule has 3 amide bonds. The number of hydrogen-bond donors (Lipinski definition) is 3. The van der Waals surface area contributed by atoms with Gasteiger partial charge in [-0.05, 0) is 55.3 Å². The number of benzene rings is 2. The van der Waals surface area contributed by atoms with E-state index in [0.29, 0.717) is 16.9 Å². The number of carbonyl (C=O) groups is 3. The Bertz CT molecular complexity index is 1280. The maximum absolute atomic E-state index is 12.3. The van der Waals surface area contributed by atoms with Crippen LogP contribution >= 0.6 is 15.9 Å². The number of halogens is 1. The SMILES string of the molecule is O=C(Cn1nc(-c2ccc(Br)cc2)ccc1=O)NCCNC(=O)c1ccc(NC(=O)C2CC2)cc1. The van der Waals surface area contributed by atoms with Crippen LogP contribution in [0.2, 0.25) is 0 Å². The summed E-state index contributed by atoms with van der Waals surface area (Å²) in [5.74, 6) is -0.564. The Kier molecular flexibility index (Phi) is 7.71. The first-order valence-electron chi connectivity index (χ1n) is 11.2. The molecule has 0 spiro atoms. The zero-order valence-corrected chi connectivity index (χ0v) is 20.4. The lowest BCUT2D eigenvalue weighted by Crippen LogP contribution is -2.38. The van der Waals surface area contributed by atoms with Crippen molar-refractivity contribution in [3.05, 3.63) is 81.1 Å². The first-order chi connectivity index (χ1) is 16.9. The summed E-state index contributed by atoms with van der Waals surface area (Å²) in [6.07, 6.45) is 1.85. The van der Waals surface area contributed by atoms with Crippen molar-refractivity contribution < 1.29 is 14.4 Å². The Morgan fingerprint density at radius 3 is 2.29 bits per heavy atom. The van der Waals surface area contributed by atoms with E-state index in [0.717, 1.165) is 27.6 Å². The van der Waals surface area contributed by atoms with E-state index in [1.807, 2.05) is 24.3 Å². The molecule has 0 saturated heterocycles. The Morgan fingerprint density at radius 2 is 1.60 bits per heavy atom. The van der Waals surface area contributed by atoms with Gasteiger partial charge in [-0.25, -0.2) is 4.68 Å². The molecule has 1 fully saturated rings. The topological polar surface area (TPSA) is 122 Å². The second-order valence-electron chi connectivity index (χ2n) is 8.17. The van der Waals surface area contributed by atoms with Crippen molar-refractivity contribution in [1.29, 1.82) is 0 Å². The second kappa shape index (κ2) is 11.1. The van der Waals surface area contributed by atoms with Crippen LogP contribution in [0.15, 0.2) is 69.9 Å². The lowest BCUT2D eigenvalue weighted by molar-refractivity contribution is -0.122. The normalized spacial score (nSPS) is 12.6. The molecular formula is C25H24BrN5O4. The summed E-state index contributed by atoms with van der Waals surface area (Å²) >= 11 is 3.38. The predicted octanol–water partition coefficient (Wildman–Crippen LogP) is 2.57. The molecule has 4 rings (SSSR count). The Labute approximate surface area is 210 Å². The minimum atomic E-state index is -0.391. The number of carbonyl (C=O) groups excluding carboxylic acids is 3. The molecular weight excluding hydrogens is 514 g/mol. The third kappa shape index (κ3) is 6.86. The van der Waals surface area contributed by atoms with Crippen LogP contribution < -0.4 is 21.5 Å². The summed E-state index contributed by atoms with van der Waals surface area (Å²) in [6, 6.07) is 17.1. The lowest BCUT2D eigenvalue weighted by atomic mass is 10.1. The molecule has 1 aromatic heterocycles. The Balaban J connectivity index is 1.22. The molecule has 9 nitrogen and oxygen atoms in total. The molecule has 3 aromatic rings. The molecule has 1 saturated carbocycles. The summed E-state index contributed by atoms with van der Waals surface area (Å²) in [5, 5.41) is 12.5. The molecule has 1 aliphatic carbocycles. The summed E-state index contributed by atoms with van der Waals surface area (Å²) in [6.45, 7) is 0.179. The summed E-state index contributed by atoms with van der Waals surface area (Å²) in [7, 11) is 0. The van der Waals surface area contributed by atoms with Crippen LogP contribution in [0.5, 0.6) is 0 Å². The third-order valence-corrected chi connectivity index (χ3v) is 5.92. The van der Waals surface area contributed by atoms with Crippen molar-refractivity contribution in [2.45, 2.75) is 19.4 Å². The molecule has 1 aliphatic rings. The summed E-state index contributed by atoms with van der Waals surface area (Å²) in [5.41, 5.74) is 2.12. The van der Waals surface area contributed by atoms with E-state index in [-0.39, 0.29) is 42.9 Å². The molecule has 0 bridgehead atoms. The van der Waals surface area contributed by atoms with Crippen LogP contribution in [0.25, 0.3) is 11.3 Å². The van der Waals surface area contributed by atoms with Crippen molar-refractivity contribution in [2.75, 3.05) is 18.4 Å². The van der Waals surface area contributed by atoms with Gasteiger partial charge in [-0.1, -0.05) is 28.1 Å². The molecule has 0 unspecified atom stereocenters. The predicted molar refractivity (Wildman–Crippen MR) is 135 cm³/mol. The average molecular weight is 538 g/mol. The summed E-state index contributed by atoms with van der Waals surface area (Å²) in [4.78, 5) is 48.5. The van der Waals surface area contributed by atoms with Crippen LogP contribution in [0.4, 0.5) is 5.69 Å². The lowest BCUT2D eigenvalue weighted by Gasteiger charge is -2.10. The van der Waals surface area contributed by atoms with Gasteiger partial charge in [0.1, 0.15) is 6.54 Å². The van der Waals surface area contributed by atoms with Crippen LogP contribution in [0, 0.1) is 5.92 Å². The smallest absolute Gasteiger partial charge is 0.267 e. The van der Waals surface area contributed by atoms with Gasteiger partial charge in [0, 0.05) is 46.4 Å². The first kappa shape index (κ1) is 24.3. The van der Waals surface area contributed by atoms with E-state index in [2.05, 4.69) is 37.0 Å². The molecule has 0 radical (unpaired) electrons. The van der Waals surface area contributed by atoms with Crippen molar-refractivity contribution in [2.24, 2.45) is 5.92 Å². The molecule has 0 atom stereocenters. The maximum atomic E-state index is 12.3. The molecule has 35 heavy (non-hydrogen) atoms. The Morgan fingerprint density at radius 1 is 0.914 bits per heavy atom. The van der Waals surface area contributed by atoms with E-state index in [1.165, 1.54) is 6.07 Å². The van der Waals surface area contributed by atoms with E-state index < -0.39 is 5.91 Å². The number of amides is 3. The molecule has 0 aliphatic heterocycles. The van der Waals surface area contributed by atoms with Crippen LogP contribution in [0.3, 0.4) is 0 Å². The van der Waals surface area contributed by atoms with Gasteiger partial charge in [-0.2, -0.15) is 5.10 Å². The van der Waals surface area contributed by atoms with Crippen LogP contribution in [-0.4, -0.2) is 40.6 Å². The second-order valence-corrected chi connectivity index (χ2v) is 9.08. The summed E-state index contributed by atoms with van der Waals surface area (Å²) < 4.78 is 2.03. The van der Waals surface area contributed by atoms with Gasteiger partial charge in [-0.15, -0.1) is 0 Å². The van der Waals surface area contributed by atoms with Gasteiger partial charge in [0.25, 0.3) is 11.5 Å². The van der Waals surface area contributed by atoms with Gasteiger partial charge in [0.15, 0.2) is 0 Å². The van der Waals surface area contributed by atoms with Crippen molar-refractivity contribution in [1.82, 2.24) is 20.4 Å². The standard InChI is InChI=1S/C25H24BrN5O4/c26-19-7-3-16(4-8-19)21-11-12-23(33)31(30-21)15-22(32)27-13-14-28-24(34)17-5-9-20(10-6-17)29-25(35)18-1-2-18/h3-12,18H,1-2,13-15H2,(H,27,32)(H,28,34)(H,29,35). The van der Waals surface area contributed by atoms with Crippen LogP contribution in [0.1, 0.15) is 23.2 Å². The fourth-order valence-corrected chi connectivity index (χ4v) is 3.57. The number of rotatable bonds is 9. The zero-order valence-electron chi connectivity index (χ0n) is 18.8. The number of hydrogen-bond acceptors (Lipinski definition) is 5. The van der Waals surface area contributed by atoms with Crippen molar-refractivity contribution in [3.8, 4) is 11.3 Å². The Hall–Kier alpha value is -3.79. The highest BCUT2D eigenvalue weighted by Crippen LogP contribution is 2.30. The van der Waals surface area contributed by atoms with Gasteiger partial charge in [0.05, 0.1) is 5.69 Å². The molecule has 180 valence electrons. The number of aromatic nitrogens is 2. The minimum absolute atomic E-state index is 0.00967. The fraction of sp³-hybridized carbons (Fsp3) is 0.240. The van der Waals surface area contributed by atoms with E-state index in [9.17, 15) is 19.2 Å². The number of nitrogens with zero attached hydrogens (tertiary/aromatic N) is 2. The molecule has 2 aromatic carbocycles. The largest absolute Gasteiger partial charge is 0.353 e. The van der Waals surface area contributed by atoms with Crippen molar-refractivity contribution >= 4 is 39.3 Å². The monoisotopic (exact) mass is 537 g/mol. The maximum Gasteiger partial charge on any atom is 0.267 e. The van der Waals surface area contributed by atoms with E-state index in [1.54, 1.807) is 30.3 Å². The molecule has 1 heterocycles. The highest BCUT2D eigenvalue weighted by molar-refractivity contribution is 9.10. The number of nitrogens with one attached hydrogen (secondary N) is 3. The molecule has 10 heteroatoms. The zero-order chi connectivity index (χ0) is 24.8. The van der Waals surface area contributed by atoms with E-state index >= 15 is 0 Å². The fourth-order valence-electron chi connectivity index (χ4n) is 3.30. The highest BCUT2D eigenvalue weighted by Gasteiger charge is 2.29. The van der Waals surface area contributed by atoms with Gasteiger partial charge in [0.2, 0.25) is 11.8 Å². The van der Waals surface area contributed by atoms with Gasteiger partial charge < -0.3 is 16.0 Å². The average Bonchev–Trinajstić information content (AvgIpc) is 3.70. The first-order valence-corrected chi connectivity index (χ1v) is 12.0. The third-order valence-electron chi connectivity index (χ3n) is 5.40.